The van der Waals surface area contributed by atoms with Gasteiger partial charge in [0.05, 0.1) is 6.26 Å². The molecule has 10 heteroatoms. The molecule has 34 heavy (non-hydrogen) atoms. The largest absolute Gasteiger partial charge is 0.463 e. The molecule has 1 fully saturated rings. The molecule has 4 rings (SSSR count). The lowest BCUT2D eigenvalue weighted by molar-refractivity contribution is 0.132. The Labute approximate surface area is 203 Å². The van der Waals surface area contributed by atoms with Gasteiger partial charge < -0.3 is 19.4 Å². The van der Waals surface area contributed by atoms with Crippen molar-refractivity contribution in [1.29, 1.82) is 0 Å². The van der Waals surface area contributed by atoms with Gasteiger partial charge in [0.2, 0.25) is 5.96 Å². The average molecular weight is 487 g/mol. The van der Waals surface area contributed by atoms with Gasteiger partial charge in [-0.25, -0.2) is 4.99 Å². The number of aliphatic imine (C=N–C) groups is 2. The molecule has 184 valence electrons. The second kappa shape index (κ2) is 12.7. The Morgan fingerprint density at radius 3 is 3.00 bits per heavy atom. The van der Waals surface area contributed by atoms with E-state index in [9.17, 15) is 4.21 Å². The molecule has 2 aliphatic rings. The van der Waals surface area contributed by atoms with Crippen molar-refractivity contribution in [2.45, 2.75) is 44.9 Å². The Bertz CT molecular complexity index is 1010. The first kappa shape index (κ1) is 24.4. The molecule has 0 spiro atoms. The molecule has 1 saturated heterocycles. The SMILES string of the molecule is CCCOCCCNC1=C\S(=O)CC/C=N/C(N2CCC(c3cc(-c4ccco4)n[nH]3)CC2)=N\1. The number of furan rings is 1. The van der Waals surface area contributed by atoms with Gasteiger partial charge in [0.1, 0.15) is 11.5 Å². The molecule has 1 atom stereocenters. The summed E-state index contributed by atoms with van der Waals surface area (Å²) in [6, 6.07) is 5.87. The summed E-state index contributed by atoms with van der Waals surface area (Å²) < 4.78 is 23.4. The topological polar surface area (TPSA) is 108 Å². The van der Waals surface area contributed by atoms with Crippen LogP contribution in [0.15, 0.2) is 50.1 Å². The number of likely N-dealkylation sites (tertiary alicyclic amines) is 1. The van der Waals surface area contributed by atoms with Crippen molar-refractivity contribution in [3.05, 3.63) is 41.4 Å². The minimum absolute atomic E-state index is 0.400. The number of hydrogen-bond acceptors (Lipinski definition) is 8. The van der Waals surface area contributed by atoms with Crippen LogP contribution in [0.25, 0.3) is 11.5 Å². The number of aromatic nitrogens is 2. The standard InChI is InChI=1S/C24H34N6O3S/c1-2-13-32-14-4-9-25-23-18-34(31)16-5-10-26-24(27-23)30-11-7-19(8-12-30)20-17-21(29-28-20)22-6-3-15-33-22/h3,6,10,15,17-19,25H,2,4-5,7-9,11-14,16H2,1H3,(H,28,29)/b23-18+,26-10+,27-24+. The fourth-order valence-electron chi connectivity index (χ4n) is 4.02. The van der Waals surface area contributed by atoms with Gasteiger partial charge in [-0.15, -0.1) is 0 Å². The third-order valence-electron chi connectivity index (χ3n) is 5.83. The van der Waals surface area contributed by atoms with E-state index in [1.807, 2.05) is 18.3 Å². The fourth-order valence-corrected chi connectivity index (χ4v) is 4.86. The molecule has 2 aromatic rings. The minimum atomic E-state index is -1.07. The highest BCUT2D eigenvalue weighted by Gasteiger charge is 2.25. The number of nitrogens with one attached hydrogen (secondary N) is 2. The molecule has 0 aliphatic carbocycles. The van der Waals surface area contributed by atoms with Gasteiger partial charge in [-0.1, -0.05) is 6.92 Å². The van der Waals surface area contributed by atoms with Crippen LogP contribution < -0.4 is 5.32 Å². The van der Waals surface area contributed by atoms with Crippen LogP contribution in [-0.2, 0) is 15.5 Å². The number of hydrogen-bond donors (Lipinski definition) is 2. The van der Waals surface area contributed by atoms with Crippen molar-refractivity contribution in [3.63, 3.8) is 0 Å². The van der Waals surface area contributed by atoms with E-state index < -0.39 is 10.8 Å². The molecule has 0 radical (unpaired) electrons. The van der Waals surface area contributed by atoms with Crippen LogP contribution in [0.4, 0.5) is 0 Å². The Balaban J connectivity index is 1.36. The molecule has 0 amide bonds. The van der Waals surface area contributed by atoms with Crippen LogP contribution in [0.1, 0.15) is 50.6 Å². The molecule has 9 nitrogen and oxygen atoms in total. The van der Waals surface area contributed by atoms with Crippen molar-refractivity contribution in [2.75, 3.05) is 38.6 Å². The van der Waals surface area contributed by atoms with E-state index in [1.165, 1.54) is 0 Å². The highest BCUT2D eigenvalue weighted by atomic mass is 32.2. The molecule has 1 unspecified atom stereocenters. The van der Waals surface area contributed by atoms with Crippen LogP contribution in [-0.4, -0.2) is 70.1 Å². The summed E-state index contributed by atoms with van der Waals surface area (Å²) in [4.78, 5) is 11.6. The van der Waals surface area contributed by atoms with Crippen molar-refractivity contribution >= 4 is 23.0 Å². The van der Waals surface area contributed by atoms with E-state index in [2.05, 4.69) is 38.4 Å². The van der Waals surface area contributed by atoms with Crippen LogP contribution in [0.5, 0.6) is 0 Å². The predicted octanol–water partition coefficient (Wildman–Crippen LogP) is 3.63. The summed E-state index contributed by atoms with van der Waals surface area (Å²) in [6.45, 7) is 5.99. The minimum Gasteiger partial charge on any atom is -0.463 e. The van der Waals surface area contributed by atoms with Crippen molar-refractivity contribution in [2.24, 2.45) is 9.98 Å². The monoisotopic (exact) mass is 486 g/mol. The van der Waals surface area contributed by atoms with Crippen LogP contribution >= 0.6 is 0 Å². The number of aromatic amines is 1. The van der Waals surface area contributed by atoms with Crippen LogP contribution in [0.3, 0.4) is 0 Å². The van der Waals surface area contributed by atoms with Gasteiger partial charge in [-0.05, 0) is 50.3 Å². The van der Waals surface area contributed by atoms with Crippen molar-refractivity contribution in [3.8, 4) is 11.5 Å². The van der Waals surface area contributed by atoms with E-state index in [1.54, 1.807) is 11.7 Å². The summed E-state index contributed by atoms with van der Waals surface area (Å²) in [5, 5.41) is 12.6. The fraction of sp³-hybridized carbons (Fsp3) is 0.542. The average Bonchev–Trinajstić information content (AvgIpc) is 3.56. The number of ether oxygens (including phenoxy) is 1. The van der Waals surface area contributed by atoms with Gasteiger partial charge in [-0.3, -0.25) is 9.31 Å². The van der Waals surface area contributed by atoms with E-state index in [4.69, 9.17) is 14.1 Å². The molecule has 0 saturated carbocycles. The lowest BCUT2D eigenvalue weighted by Gasteiger charge is -2.32. The zero-order valence-corrected chi connectivity index (χ0v) is 20.6. The summed E-state index contributed by atoms with van der Waals surface area (Å²) in [7, 11) is -1.07. The van der Waals surface area contributed by atoms with E-state index in [0.717, 1.165) is 62.5 Å². The number of guanidine groups is 1. The van der Waals surface area contributed by atoms with Crippen molar-refractivity contribution in [1.82, 2.24) is 20.4 Å². The smallest absolute Gasteiger partial charge is 0.226 e. The zero-order valence-electron chi connectivity index (χ0n) is 19.7. The number of piperidine rings is 1. The third kappa shape index (κ3) is 6.89. The van der Waals surface area contributed by atoms with E-state index >= 15 is 0 Å². The molecule has 0 aromatic carbocycles. The number of nitrogens with zero attached hydrogens (tertiary/aromatic N) is 4. The molecular weight excluding hydrogens is 452 g/mol. The van der Waals surface area contributed by atoms with Crippen LogP contribution in [0, 0.1) is 0 Å². The quantitative estimate of drug-likeness (QED) is 0.524. The molecule has 2 aromatic heterocycles. The van der Waals surface area contributed by atoms with Gasteiger partial charge in [0, 0.05) is 72.6 Å². The first-order valence-corrected chi connectivity index (χ1v) is 13.5. The first-order valence-electron chi connectivity index (χ1n) is 12.1. The highest BCUT2D eigenvalue weighted by Crippen LogP contribution is 2.29. The summed E-state index contributed by atoms with van der Waals surface area (Å²) in [5.74, 6) is 3.03. The predicted molar refractivity (Wildman–Crippen MR) is 135 cm³/mol. The van der Waals surface area contributed by atoms with E-state index in [0.29, 0.717) is 43.0 Å². The molecule has 0 bridgehead atoms. The Hall–Kier alpha value is -2.72. The lowest BCUT2D eigenvalue weighted by atomic mass is 9.93. The maximum atomic E-state index is 12.4. The summed E-state index contributed by atoms with van der Waals surface area (Å²) in [6.07, 6.45) is 8.00. The van der Waals surface area contributed by atoms with Gasteiger partial charge in [0.15, 0.2) is 5.76 Å². The molecular formula is C24H34N6O3S. The lowest BCUT2D eigenvalue weighted by Crippen LogP contribution is -2.37. The normalized spacial score (nSPS) is 23.8. The Morgan fingerprint density at radius 2 is 2.21 bits per heavy atom. The number of H-pyrrole nitrogens is 1. The zero-order chi connectivity index (χ0) is 23.6. The van der Waals surface area contributed by atoms with Crippen LogP contribution in [0.2, 0.25) is 0 Å². The van der Waals surface area contributed by atoms with Crippen molar-refractivity contribution < 1.29 is 13.4 Å². The third-order valence-corrected chi connectivity index (χ3v) is 6.95. The molecule has 4 heterocycles. The Kier molecular flexibility index (Phi) is 9.09. The molecule has 2 aliphatic heterocycles. The summed E-state index contributed by atoms with van der Waals surface area (Å²) >= 11 is 0. The first-order chi connectivity index (χ1) is 16.7. The second-order valence-corrected chi connectivity index (χ2v) is 9.85. The van der Waals surface area contributed by atoms with Gasteiger partial charge in [0.25, 0.3) is 0 Å². The second-order valence-electron chi connectivity index (χ2n) is 8.44. The van der Waals surface area contributed by atoms with Gasteiger partial charge in [-0.2, -0.15) is 10.1 Å². The molecule has 2 N–H and O–H groups in total. The Morgan fingerprint density at radius 1 is 1.32 bits per heavy atom. The maximum Gasteiger partial charge on any atom is 0.226 e. The maximum absolute atomic E-state index is 12.4. The van der Waals surface area contributed by atoms with E-state index in [-0.39, 0.29) is 0 Å². The summed E-state index contributed by atoms with van der Waals surface area (Å²) in [5.41, 5.74) is 1.97. The van der Waals surface area contributed by atoms with Gasteiger partial charge >= 0.3 is 0 Å². The number of rotatable bonds is 9. The highest BCUT2D eigenvalue weighted by molar-refractivity contribution is 7.88.